The van der Waals surface area contributed by atoms with E-state index >= 15 is 0 Å². The summed E-state index contributed by atoms with van der Waals surface area (Å²) in [7, 11) is 1.66. The average molecular weight is 296 g/mol. The molecule has 2 aliphatic rings. The number of thioether (sulfide) groups is 1. The largest absolute Gasteiger partial charge is 0.332 e. The number of carbonyl (C=O) groups is 2. The zero-order chi connectivity index (χ0) is 14.5. The molecule has 0 radical (unpaired) electrons. The third-order valence-corrected chi connectivity index (χ3v) is 5.31. The summed E-state index contributed by atoms with van der Waals surface area (Å²) in [6.07, 6.45) is 3.32. The standard InChI is InChI=1S/C13H20N4O2S/c1-17(7-6-14)11(18)5-3-2-4-10-12-9(8-20-10)15-13(19)16-12/h9-10,12H,2-5,7-8H2,1H3,(H2,15,16,19)/t9-,10-,12-/m0/s1. The highest BCUT2D eigenvalue weighted by Crippen LogP contribution is 2.33. The molecule has 2 heterocycles. The number of nitriles is 1. The molecule has 2 fully saturated rings. The number of nitrogens with one attached hydrogen (secondary N) is 2. The van der Waals surface area contributed by atoms with Gasteiger partial charge in [-0.2, -0.15) is 17.0 Å². The van der Waals surface area contributed by atoms with E-state index in [0.29, 0.717) is 11.7 Å². The van der Waals surface area contributed by atoms with Gasteiger partial charge in [0.15, 0.2) is 0 Å². The third kappa shape index (κ3) is 3.57. The van der Waals surface area contributed by atoms with E-state index in [1.165, 1.54) is 4.90 Å². The molecule has 2 aliphatic heterocycles. The van der Waals surface area contributed by atoms with Crippen molar-refractivity contribution in [1.29, 1.82) is 5.26 Å². The number of rotatable bonds is 6. The molecule has 0 saturated carbocycles. The summed E-state index contributed by atoms with van der Waals surface area (Å²) < 4.78 is 0. The van der Waals surface area contributed by atoms with Crippen molar-refractivity contribution in [2.45, 2.75) is 43.0 Å². The van der Waals surface area contributed by atoms with Crippen molar-refractivity contribution in [3.8, 4) is 6.07 Å². The Morgan fingerprint density at radius 1 is 1.50 bits per heavy atom. The number of urea groups is 1. The minimum atomic E-state index is -0.0568. The molecule has 2 rings (SSSR count). The molecule has 0 unspecified atom stereocenters. The van der Waals surface area contributed by atoms with Gasteiger partial charge in [0.1, 0.15) is 6.54 Å². The van der Waals surface area contributed by atoms with Gasteiger partial charge < -0.3 is 15.5 Å². The van der Waals surface area contributed by atoms with Crippen LogP contribution in [0.3, 0.4) is 0 Å². The zero-order valence-corrected chi connectivity index (χ0v) is 12.4. The van der Waals surface area contributed by atoms with Gasteiger partial charge in [-0.05, 0) is 12.8 Å². The average Bonchev–Trinajstić information content (AvgIpc) is 2.94. The molecule has 3 amide bonds. The Morgan fingerprint density at radius 2 is 2.30 bits per heavy atom. The van der Waals surface area contributed by atoms with Crippen LogP contribution in [-0.4, -0.2) is 53.5 Å². The molecule has 0 aromatic rings. The van der Waals surface area contributed by atoms with Crippen LogP contribution in [-0.2, 0) is 4.79 Å². The van der Waals surface area contributed by atoms with Crippen LogP contribution in [0.5, 0.6) is 0 Å². The van der Waals surface area contributed by atoms with Crippen LogP contribution in [0.15, 0.2) is 0 Å². The monoisotopic (exact) mass is 296 g/mol. The van der Waals surface area contributed by atoms with Crippen LogP contribution in [0, 0.1) is 11.3 Å². The Labute approximate surface area is 123 Å². The van der Waals surface area contributed by atoms with Gasteiger partial charge >= 0.3 is 6.03 Å². The lowest BCUT2D eigenvalue weighted by atomic mass is 10.0. The fourth-order valence-electron chi connectivity index (χ4n) is 2.65. The van der Waals surface area contributed by atoms with Crippen LogP contribution in [0.4, 0.5) is 4.79 Å². The quantitative estimate of drug-likeness (QED) is 0.429. The first kappa shape index (κ1) is 15.0. The molecule has 2 N–H and O–H groups in total. The number of hydrogen-bond donors (Lipinski definition) is 2. The second-order valence-corrected chi connectivity index (χ2v) is 6.55. The maximum atomic E-state index is 11.7. The number of hydrogen-bond acceptors (Lipinski definition) is 4. The Hall–Kier alpha value is -1.42. The van der Waals surface area contributed by atoms with E-state index in [-0.39, 0.29) is 30.6 Å². The minimum absolute atomic E-state index is 0.0272. The maximum absolute atomic E-state index is 11.7. The number of carbonyl (C=O) groups excluding carboxylic acids is 2. The van der Waals surface area contributed by atoms with Gasteiger partial charge in [0.25, 0.3) is 0 Å². The molecule has 0 bridgehead atoms. The molecule has 0 spiro atoms. The van der Waals surface area contributed by atoms with Gasteiger partial charge in [-0.3, -0.25) is 4.79 Å². The zero-order valence-electron chi connectivity index (χ0n) is 11.6. The van der Waals surface area contributed by atoms with Crippen molar-refractivity contribution < 1.29 is 9.59 Å². The fourth-order valence-corrected chi connectivity index (χ4v) is 4.19. The van der Waals surface area contributed by atoms with Gasteiger partial charge in [0, 0.05) is 24.5 Å². The number of unbranched alkanes of at least 4 members (excludes halogenated alkanes) is 1. The van der Waals surface area contributed by atoms with Crippen molar-refractivity contribution in [3.63, 3.8) is 0 Å². The summed E-state index contributed by atoms with van der Waals surface area (Å²) in [5, 5.41) is 14.9. The SMILES string of the molecule is CN(CC#N)C(=O)CCCC[C@@H]1SC[C@@H]2NC(=O)N[C@@H]21. The third-order valence-electron chi connectivity index (χ3n) is 3.80. The summed E-state index contributed by atoms with van der Waals surface area (Å²) in [4.78, 5) is 24.4. The molecule has 20 heavy (non-hydrogen) atoms. The van der Waals surface area contributed by atoms with E-state index in [4.69, 9.17) is 5.26 Å². The first-order chi connectivity index (χ1) is 9.61. The van der Waals surface area contributed by atoms with Gasteiger partial charge in [-0.15, -0.1) is 0 Å². The summed E-state index contributed by atoms with van der Waals surface area (Å²) in [6.45, 7) is 0.152. The second-order valence-electron chi connectivity index (χ2n) is 5.28. The molecule has 0 aromatic carbocycles. The molecule has 0 aromatic heterocycles. The first-order valence-electron chi connectivity index (χ1n) is 6.91. The van der Waals surface area contributed by atoms with Crippen LogP contribution >= 0.6 is 11.8 Å². The molecule has 6 nitrogen and oxygen atoms in total. The minimum Gasteiger partial charge on any atom is -0.332 e. The fraction of sp³-hybridized carbons (Fsp3) is 0.769. The van der Waals surface area contributed by atoms with E-state index < -0.39 is 0 Å². The second kappa shape index (κ2) is 6.84. The first-order valence-corrected chi connectivity index (χ1v) is 7.96. The lowest BCUT2D eigenvalue weighted by molar-refractivity contribution is -0.129. The Bertz CT molecular complexity index is 423. The molecular formula is C13H20N4O2S. The van der Waals surface area contributed by atoms with Gasteiger partial charge in [-0.1, -0.05) is 6.42 Å². The van der Waals surface area contributed by atoms with Gasteiger partial charge in [0.2, 0.25) is 5.91 Å². The number of nitrogens with zero attached hydrogens (tertiary/aromatic N) is 2. The highest BCUT2D eigenvalue weighted by atomic mass is 32.2. The number of amides is 3. The van der Waals surface area contributed by atoms with Crippen LogP contribution in [0.1, 0.15) is 25.7 Å². The van der Waals surface area contributed by atoms with Crippen molar-refractivity contribution in [1.82, 2.24) is 15.5 Å². The molecular weight excluding hydrogens is 276 g/mol. The van der Waals surface area contributed by atoms with Crippen molar-refractivity contribution in [2.24, 2.45) is 0 Å². The Kier molecular flexibility index (Phi) is 5.12. The van der Waals surface area contributed by atoms with Crippen molar-refractivity contribution in [3.05, 3.63) is 0 Å². The Morgan fingerprint density at radius 3 is 3.05 bits per heavy atom. The van der Waals surface area contributed by atoms with Crippen molar-refractivity contribution >= 4 is 23.7 Å². The smallest absolute Gasteiger partial charge is 0.315 e. The topological polar surface area (TPSA) is 85.2 Å². The van der Waals surface area contributed by atoms with E-state index in [1.54, 1.807) is 7.05 Å². The highest BCUT2D eigenvalue weighted by Gasteiger charge is 2.42. The van der Waals surface area contributed by atoms with Crippen LogP contribution in [0.25, 0.3) is 0 Å². The van der Waals surface area contributed by atoms with E-state index in [2.05, 4.69) is 10.6 Å². The predicted molar refractivity (Wildman–Crippen MR) is 77.2 cm³/mol. The van der Waals surface area contributed by atoms with Crippen LogP contribution < -0.4 is 10.6 Å². The normalized spacial score (nSPS) is 27.4. The van der Waals surface area contributed by atoms with Gasteiger partial charge in [-0.25, -0.2) is 4.79 Å². The summed E-state index contributed by atoms with van der Waals surface area (Å²) in [5.41, 5.74) is 0. The van der Waals surface area contributed by atoms with Gasteiger partial charge in [0.05, 0.1) is 18.2 Å². The summed E-state index contributed by atoms with van der Waals surface area (Å²) in [5.74, 6) is 0.997. The van der Waals surface area contributed by atoms with E-state index in [9.17, 15) is 9.59 Å². The summed E-state index contributed by atoms with van der Waals surface area (Å²) >= 11 is 1.89. The lowest BCUT2D eigenvalue weighted by Gasteiger charge is -2.17. The highest BCUT2D eigenvalue weighted by molar-refractivity contribution is 8.00. The van der Waals surface area contributed by atoms with Crippen LogP contribution in [0.2, 0.25) is 0 Å². The predicted octanol–water partition coefficient (Wildman–Crippen LogP) is 0.694. The molecule has 7 heteroatoms. The lowest BCUT2D eigenvalue weighted by Crippen LogP contribution is -2.36. The Balaban J connectivity index is 1.63. The molecule has 0 aliphatic carbocycles. The van der Waals surface area contributed by atoms with E-state index in [0.717, 1.165) is 25.0 Å². The maximum Gasteiger partial charge on any atom is 0.315 e. The summed E-state index contributed by atoms with van der Waals surface area (Å²) in [6, 6.07) is 2.42. The molecule has 110 valence electrons. The molecule has 3 atom stereocenters. The number of fused-ring (bicyclic) bond motifs is 1. The molecule has 2 saturated heterocycles. The van der Waals surface area contributed by atoms with E-state index in [1.807, 2.05) is 17.8 Å². The van der Waals surface area contributed by atoms with Crippen molar-refractivity contribution in [2.75, 3.05) is 19.3 Å².